The van der Waals surface area contributed by atoms with Crippen molar-refractivity contribution in [1.29, 1.82) is 0 Å². The smallest absolute Gasteiger partial charge is 0.373 e. The van der Waals surface area contributed by atoms with Crippen LogP contribution in [0.15, 0.2) is 0 Å². The zero-order valence-electron chi connectivity index (χ0n) is 15.5. The van der Waals surface area contributed by atoms with Crippen molar-refractivity contribution < 1.29 is 59.4 Å². The number of hydrogen-bond donors (Lipinski definition) is 6. The van der Waals surface area contributed by atoms with Crippen LogP contribution in [-0.4, -0.2) is 95.5 Å². The molecule has 28 heavy (non-hydrogen) atoms. The van der Waals surface area contributed by atoms with Crippen molar-refractivity contribution in [2.24, 2.45) is 5.41 Å². The summed E-state index contributed by atoms with van der Waals surface area (Å²) in [4.78, 5) is 72.8. The summed E-state index contributed by atoms with van der Waals surface area (Å²) >= 11 is 0. The van der Waals surface area contributed by atoms with Gasteiger partial charge in [-0.15, -0.1) is 0 Å². The summed E-state index contributed by atoms with van der Waals surface area (Å²) in [5.74, 6) is -11.8. The molecule has 12 heteroatoms. The van der Waals surface area contributed by atoms with Gasteiger partial charge in [0.1, 0.15) is 12.2 Å². The number of carbonyl (C=O) groups is 6. The van der Waals surface area contributed by atoms with Gasteiger partial charge in [-0.25, -0.2) is 4.79 Å². The summed E-state index contributed by atoms with van der Waals surface area (Å²) in [6.07, 6.45) is -5.32. The van der Waals surface area contributed by atoms with Crippen LogP contribution in [0.25, 0.3) is 0 Å². The molecule has 0 fully saturated rings. The summed E-state index contributed by atoms with van der Waals surface area (Å²) in [6.45, 7) is 0.459. The van der Waals surface area contributed by atoms with Gasteiger partial charge in [0.2, 0.25) is 0 Å². The average Bonchev–Trinajstić information content (AvgIpc) is 2.58. The van der Waals surface area contributed by atoms with E-state index in [0.717, 1.165) is 0 Å². The molecule has 0 bridgehead atoms. The zero-order valence-corrected chi connectivity index (χ0v) is 15.5. The number of Topliss-reactive ketones (excluding diaryl/α,β-unsaturated/α-hetero) is 5. The third-order valence-electron chi connectivity index (χ3n) is 4.71. The largest absolute Gasteiger partial charge is 0.475 e. The molecular weight excluding hydrogens is 384 g/mol. The van der Waals surface area contributed by atoms with Crippen LogP contribution in [0.3, 0.4) is 0 Å². The Balaban J connectivity index is 7.67. The second-order valence-corrected chi connectivity index (χ2v) is 6.28. The summed E-state index contributed by atoms with van der Waals surface area (Å²) < 4.78 is 0. The van der Waals surface area contributed by atoms with Crippen LogP contribution in [-0.2, 0) is 28.8 Å². The SMILES string of the molecule is CC(=O)C(C(C)=O)(C(=O)C(=O)O)[C@](O)(C(C)=O)[C@](O)(C(C)=O)[C@H](O)[C@H](O)CO. The van der Waals surface area contributed by atoms with E-state index in [9.17, 15) is 49.2 Å². The van der Waals surface area contributed by atoms with Gasteiger partial charge in [0.05, 0.1) is 6.61 Å². The molecule has 0 aliphatic rings. The molecule has 0 aliphatic heterocycles. The lowest BCUT2D eigenvalue weighted by molar-refractivity contribution is -0.240. The summed E-state index contributed by atoms with van der Waals surface area (Å²) in [5.41, 5.74) is -11.9. The van der Waals surface area contributed by atoms with Gasteiger partial charge in [-0.2, -0.15) is 0 Å². The van der Waals surface area contributed by atoms with Crippen LogP contribution < -0.4 is 0 Å². The predicted octanol–water partition coefficient (Wildman–Crippen LogP) is -3.84. The van der Waals surface area contributed by atoms with Crippen LogP contribution in [0, 0.1) is 5.41 Å². The number of aliphatic hydroxyl groups is 5. The van der Waals surface area contributed by atoms with Crippen molar-refractivity contribution in [3.8, 4) is 0 Å². The van der Waals surface area contributed by atoms with Crippen LogP contribution >= 0.6 is 0 Å². The highest BCUT2D eigenvalue weighted by Crippen LogP contribution is 2.46. The van der Waals surface area contributed by atoms with Gasteiger partial charge in [-0.05, 0) is 27.7 Å². The van der Waals surface area contributed by atoms with E-state index in [4.69, 9.17) is 10.2 Å². The van der Waals surface area contributed by atoms with Crippen LogP contribution in [0.5, 0.6) is 0 Å². The Morgan fingerprint density at radius 2 is 1.18 bits per heavy atom. The molecule has 0 saturated carbocycles. The van der Waals surface area contributed by atoms with E-state index >= 15 is 0 Å². The van der Waals surface area contributed by atoms with Crippen molar-refractivity contribution >= 4 is 34.9 Å². The topological polar surface area (TPSA) is 224 Å². The van der Waals surface area contributed by atoms with Crippen molar-refractivity contribution in [1.82, 2.24) is 0 Å². The highest BCUT2D eigenvalue weighted by Gasteiger charge is 2.77. The summed E-state index contributed by atoms with van der Waals surface area (Å²) in [6, 6.07) is 0. The van der Waals surface area contributed by atoms with Gasteiger partial charge in [0.15, 0.2) is 39.8 Å². The minimum absolute atomic E-state index is 0.418. The van der Waals surface area contributed by atoms with E-state index < -0.39 is 70.3 Å². The number of hydrogen-bond acceptors (Lipinski definition) is 11. The standard InChI is InChI=1S/C16H22O12/c1-6(18)14(7(2)19,12(24)13(25)26)16(28,9(4)21)15(27,8(3)20)11(23)10(22)5-17/h10-11,17,22-23,27-28H,5H2,1-4H3,(H,25,26)/t10-,11-,15+,16-/m1/s1. The Hall–Kier alpha value is -2.38. The fraction of sp³-hybridized carbons (Fsp3) is 0.625. The van der Waals surface area contributed by atoms with E-state index in [1.54, 1.807) is 0 Å². The molecule has 0 aromatic heterocycles. The lowest BCUT2D eigenvalue weighted by atomic mass is 9.53. The van der Waals surface area contributed by atoms with Gasteiger partial charge in [-0.1, -0.05) is 0 Å². The molecule has 6 N–H and O–H groups in total. The molecule has 4 atom stereocenters. The average molecular weight is 406 g/mol. The van der Waals surface area contributed by atoms with Gasteiger partial charge < -0.3 is 30.6 Å². The van der Waals surface area contributed by atoms with E-state index in [-0.39, 0.29) is 0 Å². The molecule has 0 aliphatic carbocycles. The normalized spacial score (nSPS) is 18.2. The number of rotatable bonds is 11. The third-order valence-corrected chi connectivity index (χ3v) is 4.71. The van der Waals surface area contributed by atoms with Gasteiger partial charge >= 0.3 is 5.97 Å². The Morgan fingerprint density at radius 1 is 0.786 bits per heavy atom. The monoisotopic (exact) mass is 406 g/mol. The predicted molar refractivity (Wildman–Crippen MR) is 86.8 cm³/mol. The third kappa shape index (κ3) is 3.18. The van der Waals surface area contributed by atoms with E-state index in [1.165, 1.54) is 0 Å². The maximum atomic E-state index is 12.4. The number of ketones is 5. The molecule has 158 valence electrons. The number of aliphatic carboxylic acids is 1. The fourth-order valence-electron chi connectivity index (χ4n) is 3.28. The molecule has 0 heterocycles. The van der Waals surface area contributed by atoms with Crippen molar-refractivity contribution in [2.45, 2.75) is 51.1 Å². The Morgan fingerprint density at radius 3 is 1.39 bits per heavy atom. The number of carboxylic acid groups (broad SMARTS) is 1. The molecule has 0 aromatic carbocycles. The molecule has 0 radical (unpaired) electrons. The minimum Gasteiger partial charge on any atom is -0.475 e. The fourth-order valence-corrected chi connectivity index (χ4v) is 3.28. The van der Waals surface area contributed by atoms with Crippen LogP contribution in [0.1, 0.15) is 27.7 Å². The van der Waals surface area contributed by atoms with E-state index in [2.05, 4.69) is 0 Å². The van der Waals surface area contributed by atoms with Crippen molar-refractivity contribution in [2.75, 3.05) is 6.61 Å². The number of carboxylic acids is 1. The summed E-state index contributed by atoms with van der Waals surface area (Å²) in [5, 5.41) is 59.7. The van der Waals surface area contributed by atoms with Crippen molar-refractivity contribution in [3.05, 3.63) is 0 Å². The molecule has 12 nitrogen and oxygen atoms in total. The summed E-state index contributed by atoms with van der Waals surface area (Å²) in [7, 11) is 0. The van der Waals surface area contributed by atoms with Gasteiger partial charge in [-0.3, -0.25) is 24.0 Å². The van der Waals surface area contributed by atoms with E-state index in [1.807, 2.05) is 0 Å². The number of carbonyl (C=O) groups excluding carboxylic acids is 5. The first-order valence-corrected chi connectivity index (χ1v) is 7.76. The van der Waals surface area contributed by atoms with Gasteiger partial charge in [0.25, 0.3) is 5.78 Å². The first kappa shape index (κ1) is 25.6. The number of aliphatic hydroxyl groups excluding tert-OH is 3. The van der Waals surface area contributed by atoms with Crippen molar-refractivity contribution in [3.63, 3.8) is 0 Å². The van der Waals surface area contributed by atoms with E-state index in [0.29, 0.717) is 27.7 Å². The first-order valence-electron chi connectivity index (χ1n) is 7.76. The second-order valence-electron chi connectivity index (χ2n) is 6.28. The zero-order chi connectivity index (χ0) is 22.8. The molecule has 0 rings (SSSR count). The van der Waals surface area contributed by atoms with Gasteiger partial charge in [0, 0.05) is 0 Å². The first-order chi connectivity index (χ1) is 12.5. The van der Waals surface area contributed by atoms with Crippen LogP contribution in [0.2, 0.25) is 0 Å². The molecular formula is C16H22O12. The second kappa shape index (κ2) is 8.32. The molecule has 0 amide bonds. The highest BCUT2D eigenvalue weighted by atomic mass is 16.4. The molecule has 0 unspecified atom stereocenters. The Bertz CT molecular complexity index is 711. The molecule has 0 saturated heterocycles. The Labute approximate surface area is 158 Å². The minimum atomic E-state index is -4.14. The Kier molecular flexibility index (Phi) is 7.62. The quantitative estimate of drug-likeness (QED) is 0.143. The van der Waals surface area contributed by atoms with Crippen LogP contribution in [0.4, 0.5) is 0 Å². The maximum Gasteiger partial charge on any atom is 0.373 e. The lowest BCUT2D eigenvalue weighted by Crippen LogP contribution is -2.81. The molecule has 0 spiro atoms. The maximum absolute atomic E-state index is 12.4. The highest BCUT2D eigenvalue weighted by molar-refractivity contribution is 6.47. The molecule has 0 aromatic rings. The lowest BCUT2D eigenvalue weighted by Gasteiger charge is -2.50.